The highest BCUT2D eigenvalue weighted by Gasteiger charge is 2.32. The molecule has 0 bridgehead atoms. The van der Waals surface area contributed by atoms with Crippen molar-refractivity contribution in [2.45, 2.75) is 25.3 Å². The smallest absolute Gasteiger partial charge is 0.152 e. The highest BCUT2D eigenvalue weighted by atomic mass is 79.9. The van der Waals surface area contributed by atoms with Gasteiger partial charge in [0.2, 0.25) is 0 Å². The third-order valence-corrected chi connectivity index (χ3v) is 4.52. The van der Waals surface area contributed by atoms with Crippen LogP contribution >= 0.6 is 15.9 Å². The maximum absolute atomic E-state index is 5.32. The quantitative estimate of drug-likeness (QED) is 0.853. The van der Waals surface area contributed by atoms with Gasteiger partial charge in [-0.2, -0.15) is 0 Å². The van der Waals surface area contributed by atoms with Crippen LogP contribution in [0.1, 0.15) is 24.8 Å². The van der Waals surface area contributed by atoms with Crippen LogP contribution in [0, 0.1) is 5.92 Å². The van der Waals surface area contributed by atoms with Crippen LogP contribution in [0.15, 0.2) is 22.9 Å². The molecule has 2 atom stereocenters. The van der Waals surface area contributed by atoms with Crippen LogP contribution in [0.4, 0.5) is 0 Å². The third-order valence-electron chi connectivity index (χ3n) is 3.92. The second-order valence-corrected chi connectivity index (χ2v) is 5.70. The van der Waals surface area contributed by atoms with Gasteiger partial charge in [0.15, 0.2) is 5.75 Å². The first-order valence-corrected chi connectivity index (χ1v) is 7.22. The fraction of sp³-hybridized carbons (Fsp3) is 0.500. The number of ether oxygens (including phenoxy) is 1. The van der Waals surface area contributed by atoms with Gasteiger partial charge in [0.1, 0.15) is 4.60 Å². The van der Waals surface area contributed by atoms with E-state index in [0.717, 1.165) is 22.8 Å². The Kier molecular flexibility index (Phi) is 3.39. The van der Waals surface area contributed by atoms with Crippen LogP contribution < -0.4 is 10.1 Å². The minimum absolute atomic E-state index is 0.506. The van der Waals surface area contributed by atoms with Crippen LogP contribution in [0.5, 0.6) is 5.75 Å². The molecule has 0 radical (unpaired) electrons. The summed E-state index contributed by atoms with van der Waals surface area (Å²) < 4.78 is 6.09. The lowest BCUT2D eigenvalue weighted by atomic mass is 9.89. The summed E-state index contributed by atoms with van der Waals surface area (Å²) in [4.78, 5) is 4.36. The van der Waals surface area contributed by atoms with Crippen molar-refractivity contribution in [2.24, 2.45) is 5.92 Å². The number of rotatable bonds is 2. The molecule has 1 fully saturated rings. The number of hydrogen-bond donors (Lipinski definition) is 1. The molecule has 4 heteroatoms. The van der Waals surface area contributed by atoms with Gasteiger partial charge in [0.25, 0.3) is 0 Å². The van der Waals surface area contributed by atoms with Gasteiger partial charge in [-0.25, -0.2) is 4.98 Å². The molecule has 2 unspecified atom stereocenters. The molecule has 0 aromatic carbocycles. The van der Waals surface area contributed by atoms with Gasteiger partial charge in [-0.05, 0) is 59.3 Å². The van der Waals surface area contributed by atoms with E-state index in [2.05, 4.69) is 38.4 Å². The summed E-state index contributed by atoms with van der Waals surface area (Å²) >= 11 is 3.40. The number of methoxy groups -OCH3 is 1. The molecule has 1 saturated heterocycles. The Bertz CT molecular complexity index is 487. The van der Waals surface area contributed by atoms with Gasteiger partial charge in [-0.15, -0.1) is 0 Å². The molecule has 96 valence electrons. The van der Waals surface area contributed by atoms with Gasteiger partial charge >= 0.3 is 0 Å². The topological polar surface area (TPSA) is 34.1 Å². The molecule has 0 saturated carbocycles. The Morgan fingerprint density at radius 3 is 3.22 bits per heavy atom. The number of hydrogen-bond acceptors (Lipinski definition) is 3. The molecule has 2 heterocycles. The molecule has 1 N–H and O–H groups in total. The Morgan fingerprint density at radius 1 is 1.50 bits per heavy atom. The van der Waals surface area contributed by atoms with E-state index in [9.17, 15) is 0 Å². The third kappa shape index (κ3) is 2.08. The average molecular weight is 309 g/mol. The number of aromatic nitrogens is 1. The highest BCUT2D eigenvalue weighted by Crippen LogP contribution is 2.38. The summed E-state index contributed by atoms with van der Waals surface area (Å²) in [6, 6.07) is 2.58. The van der Waals surface area contributed by atoms with Crippen LogP contribution in [0.2, 0.25) is 0 Å². The molecular weight excluding hydrogens is 292 g/mol. The molecule has 2 aliphatic rings. The Morgan fingerprint density at radius 2 is 2.39 bits per heavy atom. The molecule has 3 nitrogen and oxygen atoms in total. The fourth-order valence-corrected chi connectivity index (χ4v) is 3.38. The second kappa shape index (κ2) is 5.02. The van der Waals surface area contributed by atoms with Gasteiger partial charge in [-0.3, -0.25) is 0 Å². The van der Waals surface area contributed by atoms with Gasteiger partial charge in [-0.1, -0.05) is 6.08 Å². The minimum atomic E-state index is 0.506. The molecule has 1 aromatic rings. The Hall–Kier alpha value is -0.870. The van der Waals surface area contributed by atoms with Gasteiger partial charge in [0.05, 0.1) is 7.11 Å². The number of fused-ring (bicyclic) bond motifs is 1. The first-order chi connectivity index (χ1) is 8.79. The van der Waals surface area contributed by atoms with Crippen molar-refractivity contribution in [3.8, 4) is 5.75 Å². The number of pyridine rings is 1. The standard InChI is InChI=1S/C14H17BrN2O/c1-18-12-7-10(8-17-14(12)15)11-5-4-9-3-2-6-16-13(9)11/h5,7-9,13,16H,2-4,6H2,1H3. The van der Waals surface area contributed by atoms with Gasteiger partial charge in [0, 0.05) is 17.8 Å². The SMILES string of the molecule is COc1cc(C2=CCC3CCCNC23)cnc1Br. The summed E-state index contributed by atoms with van der Waals surface area (Å²) in [5.74, 6) is 1.57. The maximum Gasteiger partial charge on any atom is 0.152 e. The van der Waals surface area contributed by atoms with Crippen LogP contribution in [0.25, 0.3) is 5.57 Å². The number of piperidine rings is 1. The minimum Gasteiger partial charge on any atom is -0.494 e. The van der Waals surface area contributed by atoms with Gasteiger partial charge < -0.3 is 10.1 Å². The zero-order valence-corrected chi connectivity index (χ0v) is 12.0. The van der Waals surface area contributed by atoms with E-state index >= 15 is 0 Å². The summed E-state index contributed by atoms with van der Waals surface area (Å²) in [5, 5.41) is 3.63. The predicted molar refractivity (Wildman–Crippen MR) is 75.6 cm³/mol. The van der Waals surface area contributed by atoms with E-state index in [4.69, 9.17) is 4.74 Å². The lowest BCUT2D eigenvalue weighted by Gasteiger charge is -2.29. The zero-order valence-electron chi connectivity index (χ0n) is 10.4. The predicted octanol–water partition coefficient (Wildman–Crippen LogP) is 3.01. The normalized spacial score (nSPS) is 26.7. The molecule has 3 rings (SSSR count). The molecule has 0 spiro atoms. The molecule has 18 heavy (non-hydrogen) atoms. The molecule has 1 aromatic heterocycles. The maximum atomic E-state index is 5.32. The Balaban J connectivity index is 1.91. The largest absolute Gasteiger partial charge is 0.494 e. The monoisotopic (exact) mass is 308 g/mol. The molecule has 1 aliphatic carbocycles. The van der Waals surface area contributed by atoms with E-state index in [0.29, 0.717) is 6.04 Å². The highest BCUT2D eigenvalue weighted by molar-refractivity contribution is 9.10. The van der Waals surface area contributed by atoms with E-state index in [1.165, 1.54) is 30.4 Å². The summed E-state index contributed by atoms with van der Waals surface area (Å²) in [7, 11) is 1.68. The summed E-state index contributed by atoms with van der Waals surface area (Å²) in [5.41, 5.74) is 2.56. The summed E-state index contributed by atoms with van der Waals surface area (Å²) in [6.45, 7) is 1.12. The number of halogens is 1. The fourth-order valence-electron chi connectivity index (χ4n) is 3.00. The van der Waals surface area contributed by atoms with E-state index < -0.39 is 0 Å². The first kappa shape index (κ1) is 12.2. The molecular formula is C14H17BrN2O. The van der Waals surface area contributed by atoms with E-state index in [1.807, 2.05) is 6.20 Å². The Labute approximate surface area is 116 Å². The first-order valence-electron chi connectivity index (χ1n) is 6.43. The van der Waals surface area contributed by atoms with E-state index in [1.54, 1.807) is 7.11 Å². The van der Waals surface area contributed by atoms with Crippen LogP contribution in [0.3, 0.4) is 0 Å². The summed E-state index contributed by atoms with van der Waals surface area (Å²) in [6.07, 6.45) is 8.10. The average Bonchev–Trinajstić information content (AvgIpc) is 2.83. The molecule has 1 aliphatic heterocycles. The number of nitrogens with zero attached hydrogens (tertiary/aromatic N) is 1. The second-order valence-electron chi connectivity index (χ2n) is 4.95. The van der Waals surface area contributed by atoms with Crippen LogP contribution in [-0.2, 0) is 0 Å². The number of nitrogens with one attached hydrogen (secondary N) is 1. The lowest BCUT2D eigenvalue weighted by Crippen LogP contribution is -2.39. The lowest BCUT2D eigenvalue weighted by molar-refractivity contribution is 0.345. The van der Waals surface area contributed by atoms with E-state index in [-0.39, 0.29) is 0 Å². The van der Waals surface area contributed by atoms with Crippen molar-refractivity contribution in [1.29, 1.82) is 0 Å². The van der Waals surface area contributed by atoms with Crippen molar-refractivity contribution in [3.05, 3.63) is 28.5 Å². The van der Waals surface area contributed by atoms with Crippen molar-refractivity contribution in [3.63, 3.8) is 0 Å². The number of allylic oxidation sites excluding steroid dienone is 1. The van der Waals surface area contributed by atoms with Crippen molar-refractivity contribution < 1.29 is 4.74 Å². The van der Waals surface area contributed by atoms with Crippen molar-refractivity contribution in [2.75, 3.05) is 13.7 Å². The van der Waals surface area contributed by atoms with Crippen LogP contribution in [-0.4, -0.2) is 24.7 Å². The van der Waals surface area contributed by atoms with Crippen molar-refractivity contribution >= 4 is 21.5 Å². The van der Waals surface area contributed by atoms with Crippen molar-refractivity contribution in [1.82, 2.24) is 10.3 Å². The zero-order chi connectivity index (χ0) is 12.5. The molecule has 0 amide bonds.